The van der Waals surface area contributed by atoms with E-state index in [2.05, 4.69) is 75.2 Å². The summed E-state index contributed by atoms with van der Waals surface area (Å²) in [6.45, 7) is 0. The largest absolute Gasteiger partial charge is 0.436 e. The van der Waals surface area contributed by atoms with Crippen molar-refractivity contribution in [3.8, 4) is 39.0 Å². The molecule has 0 atom stereocenters. The Labute approximate surface area is 227 Å². The van der Waals surface area contributed by atoms with Crippen molar-refractivity contribution in [1.82, 2.24) is 19.5 Å². The van der Waals surface area contributed by atoms with E-state index in [1.165, 1.54) is 5.39 Å². The zero-order valence-corrected chi connectivity index (χ0v) is 21.5. The van der Waals surface area contributed by atoms with E-state index in [0.29, 0.717) is 5.89 Å². The number of hydrogen-bond acceptors (Lipinski definition) is 5. The Bertz CT molecular complexity index is 2090. The second-order valence-corrected chi connectivity index (χ2v) is 10.3. The Hall–Kier alpha value is -5.07. The molecule has 4 aromatic carbocycles. The van der Waals surface area contributed by atoms with E-state index in [0.717, 1.165) is 60.6 Å². The van der Waals surface area contributed by atoms with Crippen LogP contribution in [-0.2, 0) is 0 Å². The van der Waals surface area contributed by atoms with Crippen molar-refractivity contribution in [2.45, 2.75) is 0 Å². The van der Waals surface area contributed by atoms with Crippen LogP contribution in [0.5, 0.6) is 0 Å². The molecule has 0 saturated carbocycles. The number of para-hydroxylation sites is 3. The van der Waals surface area contributed by atoms with E-state index in [-0.39, 0.29) is 0 Å². The topological polar surface area (TPSA) is 56.7 Å². The van der Waals surface area contributed by atoms with Crippen molar-refractivity contribution in [3.05, 3.63) is 121 Å². The van der Waals surface area contributed by atoms with Gasteiger partial charge in [0.15, 0.2) is 5.58 Å². The molecule has 0 aliphatic carbocycles. The molecule has 0 radical (unpaired) electrons. The van der Waals surface area contributed by atoms with Crippen molar-refractivity contribution < 1.29 is 4.42 Å². The smallest absolute Gasteiger partial charge is 0.228 e. The lowest BCUT2D eigenvalue weighted by molar-refractivity contribution is 0.620. The first-order valence-electron chi connectivity index (χ1n) is 12.7. The van der Waals surface area contributed by atoms with Crippen LogP contribution >= 0.6 is 11.3 Å². The van der Waals surface area contributed by atoms with Crippen LogP contribution in [0.4, 0.5) is 0 Å². The van der Waals surface area contributed by atoms with E-state index in [4.69, 9.17) is 9.40 Å². The SMILES string of the molecule is c1ccc(-c2cccc(-n3c4ccccc4c4cc(-c5nccs5)c(-c5nc6ccccc6o5)cc43)c2)nc1. The molecule has 8 rings (SSSR count). The summed E-state index contributed by atoms with van der Waals surface area (Å²) in [5.41, 5.74) is 8.80. The van der Waals surface area contributed by atoms with Crippen LogP contribution < -0.4 is 0 Å². The monoisotopic (exact) mass is 520 g/mol. The first-order chi connectivity index (χ1) is 19.3. The maximum Gasteiger partial charge on any atom is 0.228 e. The van der Waals surface area contributed by atoms with Crippen LogP contribution in [0.15, 0.2) is 125 Å². The molecule has 0 amide bonds. The quantitative estimate of drug-likeness (QED) is 0.233. The van der Waals surface area contributed by atoms with Gasteiger partial charge >= 0.3 is 0 Å². The highest BCUT2D eigenvalue weighted by atomic mass is 32.1. The van der Waals surface area contributed by atoms with Gasteiger partial charge in [-0.25, -0.2) is 9.97 Å². The highest BCUT2D eigenvalue weighted by molar-refractivity contribution is 7.13. The van der Waals surface area contributed by atoms with Crippen molar-refractivity contribution in [3.63, 3.8) is 0 Å². The van der Waals surface area contributed by atoms with Gasteiger partial charge in [0.25, 0.3) is 0 Å². The standard InChI is InChI=1S/C33H20N4OS/c1-3-13-29-23(10-1)24-19-26(33-35-16-17-39-33)25(32-36-28-12-2-4-14-31(28)38-32)20-30(24)37(29)22-9-7-8-21(18-22)27-11-5-6-15-34-27/h1-20H. The molecule has 5 nitrogen and oxygen atoms in total. The number of pyridine rings is 1. The molecule has 39 heavy (non-hydrogen) atoms. The zero-order chi connectivity index (χ0) is 25.8. The average molecular weight is 521 g/mol. The molecule has 0 unspecified atom stereocenters. The third-order valence-electron chi connectivity index (χ3n) is 7.06. The number of aromatic nitrogens is 4. The van der Waals surface area contributed by atoms with Crippen molar-refractivity contribution in [1.29, 1.82) is 0 Å². The van der Waals surface area contributed by atoms with Gasteiger partial charge in [-0.3, -0.25) is 4.98 Å². The molecule has 4 heterocycles. The average Bonchev–Trinajstić information content (AvgIpc) is 3.75. The summed E-state index contributed by atoms with van der Waals surface area (Å²) in [6, 6.07) is 35.4. The van der Waals surface area contributed by atoms with Crippen molar-refractivity contribution in [2.24, 2.45) is 0 Å². The molecule has 0 bridgehead atoms. The van der Waals surface area contributed by atoms with Gasteiger partial charge in [0.1, 0.15) is 10.5 Å². The number of benzene rings is 4. The summed E-state index contributed by atoms with van der Waals surface area (Å²) in [5.74, 6) is 0.586. The molecule has 0 aliphatic rings. The van der Waals surface area contributed by atoms with Crippen LogP contribution in [0.2, 0.25) is 0 Å². The molecule has 0 N–H and O–H groups in total. The molecular weight excluding hydrogens is 500 g/mol. The van der Waals surface area contributed by atoms with Gasteiger partial charge in [-0.1, -0.05) is 48.5 Å². The summed E-state index contributed by atoms with van der Waals surface area (Å²) < 4.78 is 8.60. The summed E-state index contributed by atoms with van der Waals surface area (Å²) in [7, 11) is 0. The Morgan fingerprint density at radius 2 is 1.56 bits per heavy atom. The first kappa shape index (κ1) is 22.0. The van der Waals surface area contributed by atoms with E-state index in [1.807, 2.05) is 60.2 Å². The maximum atomic E-state index is 6.29. The first-order valence-corrected chi connectivity index (χ1v) is 13.6. The van der Waals surface area contributed by atoms with Gasteiger partial charge in [-0.05, 0) is 54.6 Å². The third-order valence-corrected chi connectivity index (χ3v) is 7.87. The predicted octanol–water partition coefficient (Wildman–Crippen LogP) is 8.78. The highest BCUT2D eigenvalue weighted by Gasteiger charge is 2.21. The van der Waals surface area contributed by atoms with Crippen molar-refractivity contribution in [2.75, 3.05) is 0 Å². The fourth-order valence-corrected chi connectivity index (χ4v) is 6.00. The number of thiazole rings is 1. The minimum Gasteiger partial charge on any atom is -0.436 e. The van der Waals surface area contributed by atoms with E-state index >= 15 is 0 Å². The molecular formula is C33H20N4OS. The summed E-state index contributed by atoms with van der Waals surface area (Å²) in [6.07, 6.45) is 3.67. The van der Waals surface area contributed by atoms with Crippen LogP contribution in [0.3, 0.4) is 0 Å². The Morgan fingerprint density at radius 3 is 2.44 bits per heavy atom. The normalized spacial score (nSPS) is 11.6. The lowest BCUT2D eigenvalue weighted by Gasteiger charge is -2.11. The molecule has 0 fully saturated rings. The second kappa shape index (κ2) is 8.75. The van der Waals surface area contributed by atoms with E-state index < -0.39 is 0 Å². The predicted molar refractivity (Wildman–Crippen MR) is 158 cm³/mol. The van der Waals surface area contributed by atoms with Crippen molar-refractivity contribution >= 4 is 44.2 Å². The number of fused-ring (bicyclic) bond motifs is 4. The van der Waals surface area contributed by atoms with Gasteiger partial charge < -0.3 is 8.98 Å². The summed E-state index contributed by atoms with van der Waals surface area (Å²) in [4.78, 5) is 14.1. The fraction of sp³-hybridized carbons (Fsp3) is 0. The Balaban J connectivity index is 1.45. The van der Waals surface area contributed by atoms with E-state index in [9.17, 15) is 0 Å². The Morgan fingerprint density at radius 1 is 0.667 bits per heavy atom. The molecule has 8 aromatic rings. The third kappa shape index (κ3) is 3.57. The maximum absolute atomic E-state index is 6.29. The van der Waals surface area contributed by atoms with E-state index in [1.54, 1.807) is 11.3 Å². The molecule has 4 aromatic heterocycles. The van der Waals surface area contributed by atoms with Crippen LogP contribution in [-0.4, -0.2) is 19.5 Å². The van der Waals surface area contributed by atoms with Crippen LogP contribution in [0.1, 0.15) is 0 Å². The van der Waals surface area contributed by atoms with Crippen LogP contribution in [0, 0.1) is 0 Å². The summed E-state index contributed by atoms with van der Waals surface area (Å²) >= 11 is 1.61. The number of rotatable bonds is 4. The van der Waals surface area contributed by atoms with Gasteiger partial charge in [-0.2, -0.15) is 0 Å². The highest BCUT2D eigenvalue weighted by Crippen LogP contribution is 2.41. The number of hydrogen-bond donors (Lipinski definition) is 0. The van der Waals surface area contributed by atoms with Gasteiger partial charge in [0.2, 0.25) is 5.89 Å². The lowest BCUT2D eigenvalue weighted by atomic mass is 10.0. The fourth-order valence-electron chi connectivity index (χ4n) is 5.33. The number of oxazole rings is 1. The molecule has 6 heteroatoms. The van der Waals surface area contributed by atoms with Crippen LogP contribution in [0.25, 0.3) is 71.9 Å². The zero-order valence-electron chi connectivity index (χ0n) is 20.7. The number of nitrogens with zero attached hydrogens (tertiary/aromatic N) is 4. The minimum absolute atomic E-state index is 0.586. The second-order valence-electron chi connectivity index (χ2n) is 9.36. The van der Waals surface area contributed by atoms with Gasteiger partial charge in [0, 0.05) is 50.9 Å². The van der Waals surface area contributed by atoms with Gasteiger partial charge in [-0.15, -0.1) is 11.3 Å². The molecule has 0 saturated heterocycles. The molecule has 0 spiro atoms. The molecule has 0 aliphatic heterocycles. The lowest BCUT2D eigenvalue weighted by Crippen LogP contribution is -1.95. The summed E-state index contributed by atoms with van der Waals surface area (Å²) in [5, 5.41) is 5.27. The van der Waals surface area contributed by atoms with Gasteiger partial charge in [0.05, 0.1) is 16.7 Å². The molecule has 184 valence electrons. The Kier molecular flexibility index (Phi) is 4.93. The minimum atomic E-state index is 0.586.